The van der Waals surface area contributed by atoms with Gasteiger partial charge in [0.2, 0.25) is 0 Å². The van der Waals surface area contributed by atoms with Crippen molar-refractivity contribution >= 4 is 28.2 Å². The van der Waals surface area contributed by atoms with E-state index in [9.17, 15) is 9.90 Å². The minimum atomic E-state index is -0.308. The average Bonchev–Trinajstić information content (AvgIpc) is 3.29. The summed E-state index contributed by atoms with van der Waals surface area (Å²) in [5.74, 6) is -0.240. The van der Waals surface area contributed by atoms with Crippen molar-refractivity contribution in [1.82, 2.24) is 15.4 Å². The molecular weight excluding hydrogens is 504 g/mol. The molecule has 1 amide bonds. The van der Waals surface area contributed by atoms with Crippen LogP contribution in [0.15, 0.2) is 71.7 Å². The quantitative estimate of drug-likeness (QED) is 0.149. The van der Waals surface area contributed by atoms with Gasteiger partial charge in [-0.3, -0.25) is 9.63 Å². The van der Waals surface area contributed by atoms with Gasteiger partial charge in [-0.05, 0) is 74.2 Å². The smallest absolute Gasteiger partial charge is 0.274 e. The van der Waals surface area contributed by atoms with E-state index in [0.29, 0.717) is 35.2 Å². The average molecular weight is 541 g/mol. The summed E-state index contributed by atoms with van der Waals surface area (Å²) in [6.45, 7) is 7.22. The number of methoxy groups -OCH3 is 1. The van der Waals surface area contributed by atoms with Gasteiger partial charge < -0.3 is 19.7 Å². The third-order valence-electron chi connectivity index (χ3n) is 7.59. The van der Waals surface area contributed by atoms with Crippen LogP contribution in [0.2, 0.25) is 0 Å². The van der Waals surface area contributed by atoms with Crippen LogP contribution in [0.5, 0.6) is 5.88 Å². The van der Waals surface area contributed by atoms with Crippen molar-refractivity contribution in [3.05, 3.63) is 94.5 Å². The number of amides is 1. The Hall–Kier alpha value is -3.98. The number of ether oxygens (including phenoxy) is 1. The van der Waals surface area contributed by atoms with Gasteiger partial charge in [0.25, 0.3) is 5.91 Å². The number of benzene rings is 3. The molecule has 0 atom stereocenters. The van der Waals surface area contributed by atoms with Crippen LogP contribution in [0, 0.1) is 13.8 Å². The topological polar surface area (TPSA) is 99.2 Å². The van der Waals surface area contributed by atoms with Crippen molar-refractivity contribution in [1.29, 1.82) is 0 Å². The fraction of sp³-hybridized carbons (Fsp3) is 0.312. The van der Waals surface area contributed by atoms with E-state index < -0.39 is 0 Å². The Kier molecular flexibility index (Phi) is 8.60. The van der Waals surface area contributed by atoms with Crippen LogP contribution >= 0.6 is 0 Å². The Bertz CT molecular complexity index is 1490. The molecule has 1 aliphatic rings. The first-order valence-electron chi connectivity index (χ1n) is 13.7. The maximum atomic E-state index is 12.6. The molecule has 4 aromatic rings. The van der Waals surface area contributed by atoms with Crippen LogP contribution in [0.3, 0.4) is 0 Å². The van der Waals surface area contributed by atoms with E-state index in [1.807, 2.05) is 43.3 Å². The van der Waals surface area contributed by atoms with Crippen molar-refractivity contribution in [2.75, 3.05) is 33.4 Å². The molecular formula is C32H36N4O4. The number of piperidine rings is 1. The zero-order valence-corrected chi connectivity index (χ0v) is 23.2. The lowest BCUT2D eigenvalue weighted by Gasteiger charge is -2.30. The van der Waals surface area contributed by atoms with Gasteiger partial charge in [0.15, 0.2) is 5.88 Å². The minimum absolute atomic E-state index is 0.0683. The van der Waals surface area contributed by atoms with E-state index in [-0.39, 0.29) is 11.8 Å². The molecule has 40 heavy (non-hydrogen) atoms. The van der Waals surface area contributed by atoms with Crippen LogP contribution < -0.4 is 5.48 Å². The Labute approximate surface area is 234 Å². The first kappa shape index (κ1) is 27.6. The predicted octanol–water partition coefficient (Wildman–Crippen LogP) is 5.43. The lowest BCUT2D eigenvalue weighted by molar-refractivity contribution is 0.00586. The number of nitrogens with zero attached hydrogens (tertiary/aromatic N) is 2. The first-order chi connectivity index (χ1) is 19.4. The lowest BCUT2D eigenvalue weighted by atomic mass is 9.98. The number of H-pyrrole nitrogens is 1. The van der Waals surface area contributed by atoms with Crippen LogP contribution in [-0.4, -0.2) is 66.1 Å². The van der Waals surface area contributed by atoms with E-state index in [2.05, 4.69) is 28.4 Å². The fourth-order valence-corrected chi connectivity index (χ4v) is 5.08. The summed E-state index contributed by atoms with van der Waals surface area (Å²) in [5.41, 5.74) is 8.96. The van der Waals surface area contributed by atoms with Gasteiger partial charge >= 0.3 is 0 Å². The van der Waals surface area contributed by atoms with E-state index in [0.717, 1.165) is 60.1 Å². The van der Waals surface area contributed by atoms with Crippen LogP contribution in [-0.2, 0) is 9.57 Å². The number of carbonyl (C=O) groups excluding carboxylic acids is 1. The maximum absolute atomic E-state index is 12.6. The highest BCUT2D eigenvalue weighted by molar-refractivity contribution is 6.22. The zero-order valence-electron chi connectivity index (χ0n) is 23.2. The summed E-state index contributed by atoms with van der Waals surface area (Å²) in [5, 5.41) is 11.8. The third-order valence-corrected chi connectivity index (χ3v) is 7.59. The highest BCUT2D eigenvalue weighted by atomic mass is 16.7. The second kappa shape index (κ2) is 12.5. The summed E-state index contributed by atoms with van der Waals surface area (Å²) in [4.78, 5) is 28.4. The summed E-state index contributed by atoms with van der Waals surface area (Å²) < 4.78 is 5.41. The second-order valence-corrected chi connectivity index (χ2v) is 10.3. The van der Waals surface area contributed by atoms with Crippen molar-refractivity contribution in [3.8, 4) is 5.88 Å². The lowest BCUT2D eigenvalue weighted by Crippen LogP contribution is -2.39. The van der Waals surface area contributed by atoms with Gasteiger partial charge in [-0.2, -0.15) is 0 Å². The van der Waals surface area contributed by atoms with Gasteiger partial charge in [-0.1, -0.05) is 30.3 Å². The zero-order chi connectivity index (χ0) is 28.1. The molecule has 0 unspecified atom stereocenters. The van der Waals surface area contributed by atoms with Crippen LogP contribution in [0.4, 0.5) is 5.69 Å². The highest BCUT2D eigenvalue weighted by Gasteiger charge is 2.20. The van der Waals surface area contributed by atoms with Crippen LogP contribution in [0.1, 0.15) is 45.5 Å². The highest BCUT2D eigenvalue weighted by Crippen LogP contribution is 2.33. The summed E-state index contributed by atoms with van der Waals surface area (Å²) in [7, 11) is 1.76. The summed E-state index contributed by atoms with van der Waals surface area (Å²) >= 11 is 0. The third kappa shape index (κ3) is 6.25. The molecule has 8 heteroatoms. The monoisotopic (exact) mass is 540 g/mol. The molecule has 1 aromatic heterocycles. The van der Waals surface area contributed by atoms with E-state index in [1.54, 1.807) is 31.4 Å². The van der Waals surface area contributed by atoms with Gasteiger partial charge in [0.1, 0.15) is 0 Å². The van der Waals surface area contributed by atoms with E-state index in [4.69, 9.17) is 14.6 Å². The molecule has 0 radical (unpaired) electrons. The molecule has 1 aliphatic heterocycles. The largest absolute Gasteiger partial charge is 0.494 e. The summed E-state index contributed by atoms with van der Waals surface area (Å²) in [6.07, 6.45) is 2.38. The number of aliphatic imine (C=N–C) groups is 1. The second-order valence-electron chi connectivity index (χ2n) is 10.3. The standard InChI is InChI=1S/C32H36N4O4/c1-21-19-27-28(20-22(21)2)34-32(38)29(27)30(23-7-5-4-6-8-23)33-25-11-9-24(10-12-25)31(37)35-40-18-17-36-15-13-26(39-3)14-16-36/h4-12,19-20,26,34,38H,13-18H2,1-3H3,(H,35,37). The molecule has 0 saturated carbocycles. The Morgan fingerprint density at radius 2 is 1.73 bits per heavy atom. The molecule has 5 rings (SSSR count). The van der Waals surface area contributed by atoms with Crippen molar-refractivity contribution < 1.29 is 19.5 Å². The van der Waals surface area contributed by atoms with Crippen molar-refractivity contribution in [3.63, 3.8) is 0 Å². The number of hydrogen-bond acceptors (Lipinski definition) is 6. The Morgan fingerprint density at radius 1 is 1.02 bits per heavy atom. The molecule has 3 N–H and O–H groups in total. The minimum Gasteiger partial charge on any atom is -0.494 e. The van der Waals surface area contributed by atoms with Gasteiger partial charge in [0, 0.05) is 48.8 Å². The molecule has 0 aliphatic carbocycles. The molecule has 1 fully saturated rings. The molecule has 8 nitrogen and oxygen atoms in total. The molecule has 2 heterocycles. The Morgan fingerprint density at radius 3 is 2.42 bits per heavy atom. The molecule has 0 spiro atoms. The molecule has 3 aromatic carbocycles. The van der Waals surface area contributed by atoms with Gasteiger partial charge in [-0.15, -0.1) is 0 Å². The number of hydroxylamine groups is 1. The van der Waals surface area contributed by atoms with E-state index in [1.165, 1.54) is 0 Å². The van der Waals surface area contributed by atoms with Crippen molar-refractivity contribution in [2.45, 2.75) is 32.8 Å². The number of nitrogens with one attached hydrogen (secondary N) is 2. The normalized spacial score (nSPS) is 15.0. The number of aromatic nitrogens is 1. The predicted molar refractivity (Wildman–Crippen MR) is 158 cm³/mol. The molecule has 1 saturated heterocycles. The first-order valence-corrected chi connectivity index (χ1v) is 13.7. The summed E-state index contributed by atoms with van der Waals surface area (Å²) in [6, 6.07) is 20.9. The maximum Gasteiger partial charge on any atom is 0.274 e. The number of hydrogen-bond donors (Lipinski definition) is 3. The van der Waals surface area contributed by atoms with Gasteiger partial charge in [-0.25, -0.2) is 10.5 Å². The number of rotatable bonds is 9. The van der Waals surface area contributed by atoms with Crippen LogP contribution in [0.25, 0.3) is 10.9 Å². The molecule has 0 bridgehead atoms. The number of aryl methyl sites for hydroxylation is 2. The number of carbonyl (C=O) groups is 1. The number of aromatic hydroxyl groups is 1. The number of likely N-dealkylation sites (tertiary alicyclic amines) is 1. The van der Waals surface area contributed by atoms with Crippen molar-refractivity contribution in [2.24, 2.45) is 4.99 Å². The number of aromatic amines is 1. The fourth-order valence-electron chi connectivity index (χ4n) is 5.08. The number of fused-ring (bicyclic) bond motifs is 1. The van der Waals surface area contributed by atoms with E-state index >= 15 is 0 Å². The molecule has 208 valence electrons. The Balaban J connectivity index is 1.30. The van der Waals surface area contributed by atoms with Gasteiger partial charge in [0.05, 0.1) is 29.7 Å². The SMILES string of the molecule is COC1CCN(CCONC(=O)c2ccc(N=C(c3ccccc3)c3c(O)[nH]c4cc(C)c(C)cc34)cc2)CC1.